The molecule has 0 saturated heterocycles. The maximum atomic E-state index is 12.4. The number of rotatable bonds is 6. The van der Waals surface area contributed by atoms with Crippen LogP contribution in [0, 0.1) is 17.2 Å². The molecule has 0 bridgehead atoms. The van der Waals surface area contributed by atoms with Gasteiger partial charge in [-0.3, -0.25) is 5.32 Å². The number of nitrogens with zero attached hydrogens (tertiary/aromatic N) is 1. The average molecular weight is 524 g/mol. The number of carbonyl (C=O) groups is 2. The zero-order chi connectivity index (χ0) is 21.6. The Morgan fingerprint density at radius 3 is 2.48 bits per heavy atom. The Bertz CT molecular complexity index is 984. The number of nitriles is 1. The maximum Gasteiger partial charge on any atom is 0.412 e. The number of ether oxygens (including phenoxy) is 1. The first-order valence-corrected chi connectivity index (χ1v) is 9.86. The maximum absolute atomic E-state index is 12.4. The highest BCUT2D eigenvalue weighted by atomic mass is 79.9. The van der Waals surface area contributed by atoms with Gasteiger partial charge in [0.2, 0.25) is 0 Å². The minimum absolute atomic E-state index is 0.125. The molecule has 0 radical (unpaired) electrons. The lowest BCUT2D eigenvalue weighted by Gasteiger charge is -2.24. The van der Waals surface area contributed by atoms with Gasteiger partial charge in [-0.05, 0) is 52.3 Å². The van der Waals surface area contributed by atoms with Crippen LogP contribution >= 0.6 is 31.9 Å². The fourth-order valence-corrected chi connectivity index (χ4v) is 3.74. The zero-order valence-corrected chi connectivity index (χ0v) is 18.3. The number of benzene rings is 2. The zero-order valence-electron chi connectivity index (χ0n) is 15.1. The van der Waals surface area contributed by atoms with E-state index < -0.39 is 24.1 Å². The van der Waals surface area contributed by atoms with Gasteiger partial charge in [0, 0.05) is 27.7 Å². The quantitative estimate of drug-likeness (QED) is 0.438. The monoisotopic (exact) mass is 522 g/mol. The fourth-order valence-electron chi connectivity index (χ4n) is 2.48. The molecule has 9 heteroatoms. The van der Waals surface area contributed by atoms with Crippen LogP contribution in [-0.2, 0) is 9.53 Å². The third kappa shape index (κ3) is 6.34. The van der Waals surface area contributed by atoms with E-state index in [0.29, 0.717) is 25.8 Å². The van der Waals surface area contributed by atoms with E-state index in [2.05, 4.69) is 37.2 Å². The lowest BCUT2D eigenvalue weighted by molar-refractivity contribution is -0.131. The van der Waals surface area contributed by atoms with Crippen LogP contribution in [0.2, 0.25) is 0 Å². The van der Waals surface area contributed by atoms with Crippen LogP contribution in [-0.4, -0.2) is 22.3 Å². The average Bonchev–Trinajstić information content (AvgIpc) is 2.67. The van der Waals surface area contributed by atoms with E-state index in [1.165, 1.54) is 6.08 Å². The number of hydrogen-bond donors (Lipinski definition) is 3. The molecular weight excluding hydrogens is 508 g/mol. The summed E-state index contributed by atoms with van der Waals surface area (Å²) in [7, 11) is 0. The summed E-state index contributed by atoms with van der Waals surface area (Å²) in [6.07, 6.45) is 0.545. The number of aliphatic carboxylic acids is 1. The van der Waals surface area contributed by atoms with Gasteiger partial charge < -0.3 is 14.9 Å². The number of phenols is 1. The molecule has 150 valence electrons. The number of anilines is 1. The normalized spacial score (nSPS) is 12.8. The molecule has 2 atom stereocenters. The van der Waals surface area contributed by atoms with Crippen molar-refractivity contribution in [3.8, 4) is 11.8 Å². The summed E-state index contributed by atoms with van der Waals surface area (Å²) >= 11 is 6.56. The van der Waals surface area contributed by atoms with Crippen LogP contribution in [0.5, 0.6) is 5.75 Å². The predicted octanol–water partition coefficient (Wildman–Crippen LogP) is 5.36. The van der Waals surface area contributed by atoms with Gasteiger partial charge in [-0.2, -0.15) is 5.26 Å². The summed E-state index contributed by atoms with van der Waals surface area (Å²) in [6, 6.07) is 11.4. The van der Waals surface area contributed by atoms with Crippen molar-refractivity contribution in [2.24, 2.45) is 5.92 Å². The second-order valence-corrected chi connectivity index (χ2v) is 7.79. The molecule has 0 aliphatic rings. The molecule has 0 unspecified atom stereocenters. The molecule has 2 aromatic carbocycles. The molecule has 0 saturated carbocycles. The molecule has 0 aliphatic heterocycles. The highest BCUT2D eigenvalue weighted by Gasteiger charge is 2.26. The summed E-state index contributed by atoms with van der Waals surface area (Å²) in [5.74, 6) is -1.83. The lowest BCUT2D eigenvalue weighted by atomic mass is 9.96. The molecular formula is C20H16Br2N2O5. The van der Waals surface area contributed by atoms with E-state index in [-0.39, 0.29) is 5.75 Å². The molecule has 2 rings (SSSR count). The molecule has 0 spiro atoms. The van der Waals surface area contributed by atoms with E-state index in [1.54, 1.807) is 43.3 Å². The lowest BCUT2D eigenvalue weighted by Crippen LogP contribution is -2.21. The van der Waals surface area contributed by atoms with Crippen LogP contribution in [0.4, 0.5) is 10.5 Å². The molecule has 0 fully saturated rings. The number of hydrogen-bond acceptors (Lipinski definition) is 5. The van der Waals surface area contributed by atoms with E-state index in [4.69, 9.17) is 15.1 Å². The number of phenolic OH excluding ortho intramolecular Hbond substituents is 1. The number of nitrogens with one attached hydrogen (secondary N) is 1. The minimum atomic E-state index is -1.14. The second kappa shape index (κ2) is 10.1. The largest absolute Gasteiger partial charge is 0.506 e. The number of amides is 1. The van der Waals surface area contributed by atoms with Crippen LogP contribution in [0.3, 0.4) is 0 Å². The van der Waals surface area contributed by atoms with Gasteiger partial charge >= 0.3 is 12.1 Å². The SMILES string of the molecule is C[C@H](/C=C/C(=O)O)[C@H](OC(=O)Nc1ccc(C#N)cc1)c1cc(Br)cc(Br)c1O. The summed E-state index contributed by atoms with van der Waals surface area (Å²) in [4.78, 5) is 23.3. The second-order valence-electron chi connectivity index (χ2n) is 6.02. The van der Waals surface area contributed by atoms with Gasteiger partial charge in [0.1, 0.15) is 11.9 Å². The first-order valence-electron chi connectivity index (χ1n) is 8.28. The van der Waals surface area contributed by atoms with Crippen molar-refractivity contribution in [3.63, 3.8) is 0 Å². The van der Waals surface area contributed by atoms with Gasteiger partial charge in [-0.1, -0.05) is 28.9 Å². The van der Waals surface area contributed by atoms with Crippen LogP contribution in [0.15, 0.2) is 57.5 Å². The Balaban J connectivity index is 2.30. The first kappa shape index (κ1) is 22.5. The molecule has 7 nitrogen and oxygen atoms in total. The Hall–Kier alpha value is -2.83. The van der Waals surface area contributed by atoms with Gasteiger partial charge in [0.05, 0.1) is 16.1 Å². The van der Waals surface area contributed by atoms with Crippen molar-refractivity contribution in [3.05, 3.63) is 68.6 Å². The molecule has 3 N–H and O–H groups in total. The standard InChI is InChI=1S/C20H16Br2N2O5/c1-11(2-7-17(25)26)19(15-8-13(21)9-16(22)18(15)27)29-20(28)24-14-5-3-12(10-23)4-6-14/h2-9,11,19,27H,1H3,(H,24,28)(H,25,26)/b7-2+/t11-,19+/m1/s1. The van der Waals surface area contributed by atoms with Crippen LogP contribution < -0.4 is 5.32 Å². The van der Waals surface area contributed by atoms with Crippen molar-refractivity contribution in [1.82, 2.24) is 0 Å². The molecule has 0 heterocycles. The van der Waals surface area contributed by atoms with Crippen molar-refractivity contribution in [2.45, 2.75) is 13.0 Å². The minimum Gasteiger partial charge on any atom is -0.506 e. The summed E-state index contributed by atoms with van der Waals surface area (Å²) in [5.41, 5.74) is 1.16. The van der Waals surface area contributed by atoms with Gasteiger partial charge in [-0.25, -0.2) is 9.59 Å². The van der Waals surface area contributed by atoms with Crippen molar-refractivity contribution in [2.75, 3.05) is 5.32 Å². The summed E-state index contributed by atoms with van der Waals surface area (Å²) < 4.78 is 6.54. The van der Waals surface area contributed by atoms with Crippen LogP contribution in [0.25, 0.3) is 0 Å². The van der Waals surface area contributed by atoms with Crippen LogP contribution in [0.1, 0.15) is 24.2 Å². The third-order valence-electron chi connectivity index (χ3n) is 3.88. The van der Waals surface area contributed by atoms with E-state index in [9.17, 15) is 14.7 Å². The fraction of sp³-hybridized carbons (Fsp3) is 0.150. The molecule has 29 heavy (non-hydrogen) atoms. The highest BCUT2D eigenvalue weighted by Crippen LogP contribution is 2.40. The van der Waals surface area contributed by atoms with E-state index >= 15 is 0 Å². The summed E-state index contributed by atoms with van der Waals surface area (Å²) in [6.45, 7) is 1.66. The molecule has 0 aliphatic carbocycles. The van der Waals surface area contributed by atoms with E-state index in [1.807, 2.05) is 6.07 Å². The number of carboxylic acid groups (broad SMARTS) is 1. The van der Waals surface area contributed by atoms with Gasteiger partial charge in [-0.15, -0.1) is 0 Å². The molecule has 2 aromatic rings. The van der Waals surface area contributed by atoms with Gasteiger partial charge in [0.15, 0.2) is 0 Å². The van der Waals surface area contributed by atoms with Gasteiger partial charge in [0.25, 0.3) is 0 Å². The smallest absolute Gasteiger partial charge is 0.412 e. The summed E-state index contributed by atoms with van der Waals surface area (Å²) in [5, 5.41) is 30.7. The number of aromatic hydroxyl groups is 1. The topological polar surface area (TPSA) is 120 Å². The van der Waals surface area contributed by atoms with Crippen molar-refractivity contribution >= 4 is 49.6 Å². The molecule has 1 amide bonds. The Morgan fingerprint density at radius 2 is 1.90 bits per heavy atom. The Kier molecular flexibility index (Phi) is 7.82. The first-order chi connectivity index (χ1) is 13.7. The molecule has 0 aromatic heterocycles. The van der Waals surface area contributed by atoms with Crippen molar-refractivity contribution < 1.29 is 24.5 Å². The Labute approximate surface area is 183 Å². The Morgan fingerprint density at radius 1 is 1.24 bits per heavy atom. The van der Waals surface area contributed by atoms with Crippen molar-refractivity contribution in [1.29, 1.82) is 5.26 Å². The number of carboxylic acids is 1. The van der Waals surface area contributed by atoms with E-state index in [0.717, 1.165) is 6.08 Å². The number of carbonyl (C=O) groups excluding carboxylic acids is 1. The third-order valence-corrected chi connectivity index (χ3v) is 4.94. The number of halogens is 2. The highest BCUT2D eigenvalue weighted by molar-refractivity contribution is 9.11. The predicted molar refractivity (Wildman–Crippen MR) is 113 cm³/mol.